The first-order valence-corrected chi connectivity index (χ1v) is 8.27. The summed E-state index contributed by atoms with van der Waals surface area (Å²) < 4.78 is 22.4. The predicted molar refractivity (Wildman–Crippen MR) is 101 cm³/mol. The Morgan fingerprint density at radius 3 is 2.68 bits per heavy atom. The van der Waals surface area contributed by atoms with E-state index in [4.69, 9.17) is 4.74 Å². The number of methoxy groups -OCH3 is 1. The van der Waals surface area contributed by atoms with Gasteiger partial charge in [-0.1, -0.05) is 0 Å². The zero-order valence-electron chi connectivity index (χ0n) is 15.5. The number of hydrogen-bond donors (Lipinski definition) is 0. The summed E-state index contributed by atoms with van der Waals surface area (Å²) in [6, 6.07) is 6.12. The molecule has 0 aliphatic carbocycles. The predicted octanol–water partition coefficient (Wildman–Crippen LogP) is 1.82. The van der Waals surface area contributed by atoms with Crippen LogP contribution in [-0.2, 0) is 0 Å². The standard InChI is InChI=1S/C19H18FN5O3/c1-23(2)10-7-16(26)18-19(27)17(28-3)12-25(22-18)15-6-5-13(11-14(15)20)24-9-4-8-21-24/h4-12H,1-3H3/b10-7+. The second-order valence-corrected chi connectivity index (χ2v) is 6.05. The van der Waals surface area contributed by atoms with Gasteiger partial charge in [-0.05, 0) is 18.2 Å². The Morgan fingerprint density at radius 2 is 2.07 bits per heavy atom. The number of benzene rings is 1. The van der Waals surface area contributed by atoms with E-state index in [0.717, 1.165) is 4.68 Å². The van der Waals surface area contributed by atoms with Gasteiger partial charge in [0.25, 0.3) is 5.43 Å². The van der Waals surface area contributed by atoms with Crippen LogP contribution in [0.25, 0.3) is 11.4 Å². The van der Waals surface area contributed by atoms with Gasteiger partial charge in [-0.2, -0.15) is 10.2 Å². The van der Waals surface area contributed by atoms with Crippen LogP contribution in [0, 0.1) is 5.82 Å². The molecule has 0 amide bonds. The van der Waals surface area contributed by atoms with Gasteiger partial charge in [0.05, 0.1) is 19.0 Å². The molecular formula is C19H18FN5O3. The summed E-state index contributed by atoms with van der Waals surface area (Å²) in [6.07, 6.45) is 7.21. The van der Waals surface area contributed by atoms with Crippen LogP contribution in [0.4, 0.5) is 4.39 Å². The molecule has 3 aromatic rings. The molecular weight excluding hydrogens is 365 g/mol. The van der Waals surface area contributed by atoms with E-state index in [-0.39, 0.29) is 17.1 Å². The highest BCUT2D eigenvalue weighted by Crippen LogP contribution is 2.18. The van der Waals surface area contributed by atoms with E-state index in [2.05, 4.69) is 10.2 Å². The molecule has 0 unspecified atom stereocenters. The van der Waals surface area contributed by atoms with Crippen molar-refractivity contribution >= 4 is 5.78 Å². The molecule has 1 aromatic carbocycles. The lowest BCUT2D eigenvalue weighted by atomic mass is 10.2. The Bertz CT molecular complexity index is 1090. The van der Waals surface area contributed by atoms with Crippen molar-refractivity contribution < 1.29 is 13.9 Å². The van der Waals surface area contributed by atoms with Crippen molar-refractivity contribution in [3.05, 3.63) is 76.9 Å². The SMILES string of the molecule is COc1cn(-c2ccc(-n3cccn3)cc2F)nc(C(=O)/C=C/N(C)C)c1=O. The average molecular weight is 383 g/mol. The van der Waals surface area contributed by atoms with Crippen LogP contribution in [0.5, 0.6) is 5.75 Å². The minimum absolute atomic E-state index is 0.0554. The number of hydrogen-bond acceptors (Lipinski definition) is 6. The highest BCUT2D eigenvalue weighted by molar-refractivity contribution is 6.03. The van der Waals surface area contributed by atoms with Gasteiger partial charge >= 0.3 is 0 Å². The number of carbonyl (C=O) groups is 1. The molecule has 0 fully saturated rings. The van der Waals surface area contributed by atoms with Crippen molar-refractivity contribution in [1.29, 1.82) is 0 Å². The summed E-state index contributed by atoms with van der Waals surface area (Å²) in [6.45, 7) is 0. The Labute approximate surface area is 160 Å². The summed E-state index contributed by atoms with van der Waals surface area (Å²) in [4.78, 5) is 26.4. The van der Waals surface area contributed by atoms with Crippen molar-refractivity contribution in [3.8, 4) is 17.1 Å². The largest absolute Gasteiger partial charge is 0.491 e. The molecule has 0 aliphatic heterocycles. The van der Waals surface area contributed by atoms with E-state index in [1.807, 2.05) is 0 Å². The first-order chi connectivity index (χ1) is 13.4. The van der Waals surface area contributed by atoms with Gasteiger partial charge in [-0.3, -0.25) is 9.59 Å². The highest BCUT2D eigenvalue weighted by atomic mass is 19.1. The number of nitrogens with zero attached hydrogens (tertiary/aromatic N) is 5. The van der Waals surface area contributed by atoms with Crippen LogP contribution in [0.15, 0.2) is 59.9 Å². The maximum absolute atomic E-state index is 14.7. The molecule has 0 atom stereocenters. The van der Waals surface area contributed by atoms with E-state index in [9.17, 15) is 14.0 Å². The Hall–Kier alpha value is -3.75. The number of rotatable bonds is 6. The van der Waals surface area contributed by atoms with Crippen molar-refractivity contribution in [3.63, 3.8) is 0 Å². The van der Waals surface area contributed by atoms with Gasteiger partial charge in [-0.15, -0.1) is 0 Å². The molecule has 0 N–H and O–H groups in total. The van der Waals surface area contributed by atoms with E-state index in [0.29, 0.717) is 5.69 Å². The maximum Gasteiger partial charge on any atom is 0.253 e. The Balaban J connectivity index is 2.08. The van der Waals surface area contributed by atoms with Crippen LogP contribution >= 0.6 is 0 Å². The molecule has 0 saturated heterocycles. The number of halogens is 1. The minimum atomic E-state index is -0.666. The maximum atomic E-state index is 14.7. The topological polar surface area (TPSA) is 82.2 Å². The summed E-state index contributed by atoms with van der Waals surface area (Å²) in [5, 5.41) is 8.08. The number of ether oxygens (including phenoxy) is 1. The lowest BCUT2D eigenvalue weighted by molar-refractivity contribution is 0.103. The molecule has 0 radical (unpaired) electrons. The van der Waals surface area contributed by atoms with Crippen molar-refractivity contribution in [1.82, 2.24) is 24.5 Å². The molecule has 2 heterocycles. The van der Waals surface area contributed by atoms with E-state index in [1.54, 1.807) is 43.5 Å². The summed E-state index contributed by atoms with van der Waals surface area (Å²) in [5.41, 5.74) is -0.460. The Morgan fingerprint density at radius 1 is 1.29 bits per heavy atom. The van der Waals surface area contributed by atoms with Gasteiger partial charge in [0.15, 0.2) is 17.3 Å². The van der Waals surface area contributed by atoms with E-state index in [1.165, 1.54) is 42.4 Å². The molecule has 2 aromatic heterocycles. The fourth-order valence-corrected chi connectivity index (χ4v) is 2.44. The van der Waals surface area contributed by atoms with E-state index >= 15 is 0 Å². The van der Waals surface area contributed by atoms with Crippen LogP contribution in [-0.4, -0.2) is 51.4 Å². The van der Waals surface area contributed by atoms with E-state index < -0.39 is 17.0 Å². The van der Waals surface area contributed by atoms with Gasteiger partial charge in [0, 0.05) is 44.8 Å². The van der Waals surface area contributed by atoms with Crippen molar-refractivity contribution in [2.24, 2.45) is 0 Å². The quantitative estimate of drug-likeness (QED) is 0.477. The van der Waals surface area contributed by atoms with Gasteiger partial charge in [0.1, 0.15) is 5.69 Å². The molecule has 0 bridgehead atoms. The number of ketones is 1. The zero-order chi connectivity index (χ0) is 20.3. The number of aromatic nitrogens is 4. The summed E-state index contributed by atoms with van der Waals surface area (Å²) in [5.74, 6) is -1.33. The smallest absolute Gasteiger partial charge is 0.253 e. The van der Waals surface area contributed by atoms with Crippen molar-refractivity contribution in [2.45, 2.75) is 0 Å². The summed E-state index contributed by atoms with van der Waals surface area (Å²) in [7, 11) is 4.76. The third-order valence-corrected chi connectivity index (χ3v) is 3.81. The minimum Gasteiger partial charge on any atom is -0.491 e. The van der Waals surface area contributed by atoms with Crippen LogP contribution in [0.1, 0.15) is 10.5 Å². The first kappa shape index (κ1) is 19.0. The third kappa shape index (κ3) is 3.83. The monoisotopic (exact) mass is 383 g/mol. The lowest BCUT2D eigenvalue weighted by Gasteiger charge is -2.11. The normalized spacial score (nSPS) is 11.0. The zero-order valence-corrected chi connectivity index (χ0v) is 15.5. The van der Waals surface area contributed by atoms with Crippen molar-refractivity contribution in [2.75, 3.05) is 21.2 Å². The first-order valence-electron chi connectivity index (χ1n) is 8.27. The lowest BCUT2D eigenvalue weighted by Crippen LogP contribution is -2.22. The molecule has 8 nitrogen and oxygen atoms in total. The molecule has 0 spiro atoms. The Kier molecular flexibility index (Phi) is 5.35. The van der Waals surface area contributed by atoms with Gasteiger partial charge < -0.3 is 9.64 Å². The molecule has 28 heavy (non-hydrogen) atoms. The third-order valence-electron chi connectivity index (χ3n) is 3.81. The second kappa shape index (κ2) is 7.87. The van der Waals surface area contributed by atoms with Crippen LogP contribution < -0.4 is 10.2 Å². The fraction of sp³-hybridized carbons (Fsp3) is 0.158. The molecule has 0 aliphatic rings. The molecule has 3 rings (SSSR count). The number of allylic oxidation sites excluding steroid dienone is 1. The molecule has 144 valence electrons. The molecule has 0 saturated carbocycles. The second-order valence-electron chi connectivity index (χ2n) is 6.05. The van der Waals surface area contributed by atoms with Crippen LogP contribution in [0.2, 0.25) is 0 Å². The average Bonchev–Trinajstić information content (AvgIpc) is 3.21. The van der Waals surface area contributed by atoms with Gasteiger partial charge in [0.2, 0.25) is 5.78 Å². The summed E-state index contributed by atoms with van der Waals surface area (Å²) >= 11 is 0. The molecule has 9 heteroatoms. The fourth-order valence-electron chi connectivity index (χ4n) is 2.44. The number of carbonyl (C=O) groups excluding carboxylic acids is 1. The van der Waals surface area contributed by atoms with Crippen LogP contribution in [0.3, 0.4) is 0 Å². The van der Waals surface area contributed by atoms with Gasteiger partial charge in [-0.25, -0.2) is 13.8 Å². The highest BCUT2D eigenvalue weighted by Gasteiger charge is 2.18.